The third kappa shape index (κ3) is 3.65. The molecule has 1 fully saturated rings. The Morgan fingerprint density at radius 1 is 1.10 bits per heavy atom. The van der Waals surface area contributed by atoms with Gasteiger partial charge in [0.25, 0.3) is 0 Å². The highest BCUT2D eigenvalue weighted by Gasteiger charge is 2.25. The number of aromatic nitrogens is 1. The van der Waals surface area contributed by atoms with Crippen molar-refractivity contribution in [3.05, 3.63) is 34.2 Å². The average molecular weight is 423 g/mol. The van der Waals surface area contributed by atoms with E-state index in [1.54, 1.807) is 6.07 Å². The van der Waals surface area contributed by atoms with Crippen molar-refractivity contribution in [3.8, 4) is 22.8 Å². The molecule has 1 aliphatic heterocycles. The third-order valence-electron chi connectivity index (χ3n) is 5.12. The van der Waals surface area contributed by atoms with Crippen LogP contribution in [-0.2, 0) is 4.74 Å². The Hall–Kier alpha value is -2.38. The Labute approximate surface area is 172 Å². The van der Waals surface area contributed by atoms with Gasteiger partial charge in [-0.25, -0.2) is 13.8 Å². The second kappa shape index (κ2) is 8.16. The standard InChI is InChI=1S/C21H21ClF2N2O3/c1-27-16-11-17(28-2)20(24)18(19(16)23)15-9-12-3-4-13(22)10-14(12)21(25-15)26-5-7-29-8-6-26/h3,9-11,13H,4-8H2,1-2H3. The summed E-state index contributed by atoms with van der Waals surface area (Å²) in [6.45, 7) is 2.39. The van der Waals surface area contributed by atoms with Crippen molar-refractivity contribution in [2.45, 2.75) is 11.8 Å². The fraction of sp³-hybridized carbons (Fsp3) is 0.381. The Balaban J connectivity index is 1.99. The molecule has 2 aromatic rings. The van der Waals surface area contributed by atoms with Crippen molar-refractivity contribution in [1.82, 2.24) is 4.98 Å². The minimum Gasteiger partial charge on any atom is -0.494 e. The second-order valence-electron chi connectivity index (χ2n) is 6.84. The molecule has 1 unspecified atom stereocenters. The van der Waals surface area contributed by atoms with E-state index in [2.05, 4.69) is 9.88 Å². The molecule has 0 amide bonds. The number of rotatable bonds is 4. The van der Waals surface area contributed by atoms with Gasteiger partial charge in [-0.05, 0) is 17.7 Å². The molecular weight excluding hydrogens is 402 g/mol. The molecule has 4 rings (SSSR count). The first-order valence-corrected chi connectivity index (χ1v) is 9.77. The quantitative estimate of drug-likeness (QED) is 0.708. The maximum Gasteiger partial charge on any atom is 0.177 e. The molecule has 0 bridgehead atoms. The van der Waals surface area contributed by atoms with Gasteiger partial charge >= 0.3 is 0 Å². The molecule has 1 aliphatic carbocycles. The molecule has 1 saturated heterocycles. The normalized spacial score (nSPS) is 18.5. The fourth-order valence-corrected chi connectivity index (χ4v) is 3.86. The lowest BCUT2D eigenvalue weighted by Gasteiger charge is -2.29. The van der Waals surface area contributed by atoms with Gasteiger partial charge in [0.1, 0.15) is 5.82 Å². The number of pyridine rings is 1. The second-order valence-corrected chi connectivity index (χ2v) is 7.40. The first kappa shape index (κ1) is 19.9. The maximum absolute atomic E-state index is 15.1. The molecule has 5 nitrogen and oxygen atoms in total. The van der Waals surface area contributed by atoms with Crippen molar-refractivity contribution in [1.29, 1.82) is 0 Å². The highest BCUT2D eigenvalue weighted by molar-refractivity contribution is 6.24. The van der Waals surface area contributed by atoms with E-state index in [-0.39, 0.29) is 28.1 Å². The molecule has 0 spiro atoms. The van der Waals surface area contributed by atoms with Crippen molar-refractivity contribution in [2.75, 3.05) is 45.4 Å². The molecule has 8 heteroatoms. The summed E-state index contributed by atoms with van der Waals surface area (Å²) in [6, 6.07) is 2.87. The summed E-state index contributed by atoms with van der Waals surface area (Å²) in [5.41, 5.74) is -0.102. The van der Waals surface area contributed by atoms with E-state index < -0.39 is 11.6 Å². The lowest BCUT2D eigenvalue weighted by molar-refractivity contribution is 0.122. The molecule has 0 radical (unpaired) electrons. The first-order chi connectivity index (χ1) is 14.0. The van der Waals surface area contributed by atoms with Crippen LogP contribution in [0.5, 0.6) is 11.5 Å². The molecule has 29 heavy (non-hydrogen) atoms. The summed E-state index contributed by atoms with van der Waals surface area (Å²) in [6.07, 6.45) is 4.54. The van der Waals surface area contributed by atoms with Gasteiger partial charge in [-0.1, -0.05) is 12.2 Å². The number of hydrogen-bond acceptors (Lipinski definition) is 5. The maximum atomic E-state index is 15.1. The molecule has 1 aromatic carbocycles. The average Bonchev–Trinajstić information content (AvgIpc) is 2.74. The van der Waals surface area contributed by atoms with Gasteiger partial charge in [-0.15, -0.1) is 11.6 Å². The number of fused-ring (bicyclic) bond motifs is 1. The predicted octanol–water partition coefficient (Wildman–Crippen LogP) is 2.45. The van der Waals surface area contributed by atoms with Crippen LogP contribution < -0.4 is 24.8 Å². The number of halogens is 3. The summed E-state index contributed by atoms with van der Waals surface area (Å²) in [7, 11) is 2.64. The third-order valence-corrected chi connectivity index (χ3v) is 5.43. The van der Waals surface area contributed by atoms with Crippen LogP contribution in [0.1, 0.15) is 6.42 Å². The molecule has 0 saturated carbocycles. The Morgan fingerprint density at radius 2 is 1.76 bits per heavy atom. The van der Waals surface area contributed by atoms with E-state index in [0.717, 1.165) is 10.4 Å². The summed E-state index contributed by atoms with van der Waals surface area (Å²) >= 11 is 6.33. The topological polar surface area (TPSA) is 43.8 Å². The van der Waals surface area contributed by atoms with E-state index in [1.807, 2.05) is 12.2 Å². The van der Waals surface area contributed by atoms with Crippen LogP contribution in [0.25, 0.3) is 23.4 Å². The van der Waals surface area contributed by atoms with Crippen LogP contribution in [0.2, 0.25) is 0 Å². The van der Waals surface area contributed by atoms with E-state index in [0.29, 0.717) is 38.5 Å². The van der Waals surface area contributed by atoms with Crippen LogP contribution in [0.4, 0.5) is 14.6 Å². The summed E-state index contributed by atoms with van der Waals surface area (Å²) < 4.78 is 45.7. The van der Waals surface area contributed by atoms with E-state index >= 15 is 8.78 Å². The number of benzene rings is 1. The van der Waals surface area contributed by atoms with Crippen LogP contribution in [0.3, 0.4) is 0 Å². The van der Waals surface area contributed by atoms with Crippen molar-refractivity contribution >= 4 is 29.6 Å². The fourth-order valence-electron chi connectivity index (χ4n) is 3.64. The largest absolute Gasteiger partial charge is 0.494 e. The minimum absolute atomic E-state index is 0.109. The van der Waals surface area contributed by atoms with Gasteiger partial charge in [-0.3, -0.25) is 0 Å². The van der Waals surface area contributed by atoms with Crippen LogP contribution in [-0.4, -0.2) is 50.9 Å². The molecule has 0 N–H and O–H groups in total. The van der Waals surface area contributed by atoms with Gasteiger partial charge in [0.2, 0.25) is 0 Å². The van der Waals surface area contributed by atoms with Crippen molar-refractivity contribution in [3.63, 3.8) is 0 Å². The van der Waals surface area contributed by atoms with Crippen LogP contribution >= 0.6 is 11.6 Å². The number of methoxy groups -OCH3 is 2. The van der Waals surface area contributed by atoms with Gasteiger partial charge in [0.15, 0.2) is 23.1 Å². The number of morpholine rings is 1. The van der Waals surface area contributed by atoms with E-state index in [1.165, 1.54) is 20.3 Å². The van der Waals surface area contributed by atoms with Gasteiger partial charge in [-0.2, -0.15) is 0 Å². The Bertz CT molecular complexity index is 1030. The van der Waals surface area contributed by atoms with Gasteiger partial charge in [0, 0.05) is 24.4 Å². The number of nitrogens with zero attached hydrogens (tertiary/aromatic N) is 2. The molecular formula is C21H21ClF2N2O3. The molecule has 2 aliphatic rings. The minimum atomic E-state index is -0.818. The lowest BCUT2D eigenvalue weighted by atomic mass is 10.0. The Morgan fingerprint density at radius 3 is 2.38 bits per heavy atom. The number of anilines is 1. The molecule has 2 heterocycles. The summed E-state index contributed by atoms with van der Waals surface area (Å²) in [5.74, 6) is -1.21. The highest BCUT2D eigenvalue weighted by Crippen LogP contribution is 2.36. The Kier molecular flexibility index (Phi) is 5.61. The van der Waals surface area contributed by atoms with Crippen molar-refractivity contribution < 1.29 is 23.0 Å². The van der Waals surface area contributed by atoms with Crippen LogP contribution in [0, 0.1) is 11.6 Å². The van der Waals surface area contributed by atoms with Gasteiger partial charge in [0.05, 0.1) is 44.1 Å². The summed E-state index contributed by atoms with van der Waals surface area (Å²) in [5, 5.41) is 1.56. The van der Waals surface area contributed by atoms with E-state index in [9.17, 15) is 0 Å². The first-order valence-electron chi connectivity index (χ1n) is 9.33. The lowest BCUT2D eigenvalue weighted by Crippen LogP contribution is -2.44. The zero-order valence-electron chi connectivity index (χ0n) is 16.2. The number of hydrogen-bond donors (Lipinski definition) is 0. The smallest absolute Gasteiger partial charge is 0.177 e. The van der Waals surface area contributed by atoms with Gasteiger partial charge < -0.3 is 19.1 Å². The molecule has 1 aromatic heterocycles. The summed E-state index contributed by atoms with van der Waals surface area (Å²) in [4.78, 5) is 6.71. The predicted molar refractivity (Wildman–Crippen MR) is 108 cm³/mol. The molecule has 154 valence electrons. The highest BCUT2D eigenvalue weighted by atomic mass is 35.5. The van der Waals surface area contributed by atoms with Crippen LogP contribution in [0.15, 0.2) is 12.1 Å². The van der Waals surface area contributed by atoms with E-state index in [4.69, 9.17) is 25.8 Å². The van der Waals surface area contributed by atoms with Crippen molar-refractivity contribution in [2.24, 2.45) is 0 Å². The molecule has 1 atom stereocenters. The SMILES string of the molecule is COc1cc(OC)c(F)c(-c2cc3c(c(N4CCOCC4)n2)=CC(Cl)CC=3)c1F. The monoisotopic (exact) mass is 422 g/mol. The zero-order valence-corrected chi connectivity index (χ0v) is 16.9. The number of alkyl halides is 1. The zero-order chi connectivity index (χ0) is 20.5. The number of ether oxygens (including phenoxy) is 3.